The first kappa shape index (κ1) is 24.7. The first-order chi connectivity index (χ1) is 17.0. The molecule has 0 N–H and O–H groups in total. The molecule has 3 aromatic carbocycles. The molecule has 0 saturated carbocycles. The van der Waals surface area contributed by atoms with Gasteiger partial charge in [-0.1, -0.05) is 56.1 Å². The third kappa shape index (κ3) is 4.85. The number of likely N-dealkylation sites (N-methyl/N-ethyl adjacent to an activating group) is 1. The van der Waals surface area contributed by atoms with Gasteiger partial charge in [0, 0.05) is 45.7 Å². The van der Waals surface area contributed by atoms with Gasteiger partial charge in [-0.2, -0.15) is 0 Å². The van der Waals surface area contributed by atoms with Crippen molar-refractivity contribution in [2.24, 2.45) is 5.92 Å². The van der Waals surface area contributed by atoms with Crippen molar-refractivity contribution in [3.05, 3.63) is 86.8 Å². The number of hydrogen-bond acceptors (Lipinski definition) is 4. The lowest BCUT2D eigenvalue weighted by atomic mass is 9.70. The van der Waals surface area contributed by atoms with Gasteiger partial charge in [0.05, 0.1) is 14.2 Å². The summed E-state index contributed by atoms with van der Waals surface area (Å²) in [4.78, 5) is 5.23. The van der Waals surface area contributed by atoms with Crippen LogP contribution in [0.15, 0.2) is 75.7 Å². The summed E-state index contributed by atoms with van der Waals surface area (Å²) in [6.07, 6.45) is 2.48. The topological polar surface area (TPSA) is 24.9 Å². The van der Waals surface area contributed by atoms with Crippen LogP contribution in [0.5, 0.6) is 11.5 Å². The van der Waals surface area contributed by atoms with Crippen LogP contribution in [0.25, 0.3) is 0 Å². The highest BCUT2D eigenvalue weighted by Crippen LogP contribution is 2.45. The highest BCUT2D eigenvalue weighted by Gasteiger charge is 2.48. The van der Waals surface area contributed by atoms with Crippen LogP contribution in [0.3, 0.4) is 0 Å². The average molecular weight is 600 g/mol. The van der Waals surface area contributed by atoms with Crippen molar-refractivity contribution < 1.29 is 9.47 Å². The van der Waals surface area contributed by atoms with Gasteiger partial charge in [0.2, 0.25) is 0 Å². The van der Waals surface area contributed by atoms with Crippen LogP contribution in [0, 0.1) is 5.92 Å². The molecule has 35 heavy (non-hydrogen) atoms. The molecule has 2 atom stereocenters. The van der Waals surface area contributed by atoms with E-state index in [0.717, 1.165) is 39.2 Å². The second kappa shape index (κ2) is 10.5. The largest absolute Gasteiger partial charge is 0.493 e. The van der Waals surface area contributed by atoms with Crippen molar-refractivity contribution in [2.75, 3.05) is 39.3 Å². The Bertz CT molecular complexity index is 1100. The van der Waals surface area contributed by atoms with E-state index < -0.39 is 0 Å². The van der Waals surface area contributed by atoms with Gasteiger partial charge in [0.1, 0.15) is 0 Å². The summed E-state index contributed by atoms with van der Waals surface area (Å²) in [5.74, 6) is 2.45. The Kier molecular flexibility index (Phi) is 7.42. The van der Waals surface area contributed by atoms with Crippen LogP contribution in [-0.4, -0.2) is 51.3 Å². The first-order valence-electron chi connectivity index (χ1n) is 12.2. The highest BCUT2D eigenvalue weighted by atomic mass is 79.9. The van der Waals surface area contributed by atoms with Crippen LogP contribution in [0.2, 0.25) is 0 Å². The minimum absolute atomic E-state index is 0.270. The molecule has 184 valence electrons. The van der Waals surface area contributed by atoms with E-state index in [4.69, 9.17) is 9.47 Å². The molecule has 6 heteroatoms. The van der Waals surface area contributed by atoms with Gasteiger partial charge in [-0.25, -0.2) is 0 Å². The molecule has 3 fully saturated rings. The van der Waals surface area contributed by atoms with Gasteiger partial charge in [0.25, 0.3) is 0 Å². The van der Waals surface area contributed by atoms with Crippen LogP contribution >= 0.6 is 31.9 Å². The normalized spacial score (nSPS) is 23.4. The molecular formula is C29H32Br2N2O2. The lowest BCUT2D eigenvalue weighted by molar-refractivity contribution is 0.0186. The van der Waals surface area contributed by atoms with Crippen molar-refractivity contribution in [2.45, 2.75) is 30.8 Å². The van der Waals surface area contributed by atoms with E-state index in [1.54, 1.807) is 14.2 Å². The molecule has 6 rings (SSSR count). The van der Waals surface area contributed by atoms with Crippen molar-refractivity contribution in [1.29, 1.82) is 0 Å². The fraction of sp³-hybridized carbons (Fsp3) is 0.379. The van der Waals surface area contributed by atoms with E-state index in [1.807, 2.05) is 6.07 Å². The molecule has 0 radical (unpaired) electrons. The van der Waals surface area contributed by atoms with Crippen LogP contribution in [-0.2, 0) is 0 Å². The number of nitrogens with zero attached hydrogens (tertiary/aromatic N) is 2. The lowest BCUT2D eigenvalue weighted by Gasteiger charge is -2.56. The van der Waals surface area contributed by atoms with E-state index in [1.165, 1.54) is 24.0 Å². The van der Waals surface area contributed by atoms with Gasteiger partial charge < -0.3 is 14.4 Å². The monoisotopic (exact) mass is 598 g/mol. The Morgan fingerprint density at radius 2 is 1.34 bits per heavy atom. The van der Waals surface area contributed by atoms with Gasteiger partial charge in [-0.15, -0.1) is 0 Å². The fourth-order valence-electron chi connectivity index (χ4n) is 6.15. The fourth-order valence-corrected chi connectivity index (χ4v) is 6.68. The maximum Gasteiger partial charge on any atom is 0.162 e. The predicted octanol–water partition coefficient (Wildman–Crippen LogP) is 6.96. The summed E-state index contributed by atoms with van der Waals surface area (Å²) in [6, 6.07) is 24.9. The Labute approximate surface area is 225 Å². The van der Waals surface area contributed by atoms with Gasteiger partial charge in [-0.3, -0.25) is 4.90 Å². The summed E-state index contributed by atoms with van der Waals surface area (Å²) in [5, 5.41) is 0. The summed E-state index contributed by atoms with van der Waals surface area (Å²) >= 11 is 7.27. The zero-order valence-corrected chi connectivity index (χ0v) is 23.6. The van der Waals surface area contributed by atoms with E-state index in [-0.39, 0.29) is 5.92 Å². The molecule has 4 nitrogen and oxygen atoms in total. The number of fused-ring (bicyclic) bond motifs is 3. The molecule has 0 amide bonds. The molecule has 3 saturated heterocycles. The first-order valence-corrected chi connectivity index (χ1v) is 13.8. The van der Waals surface area contributed by atoms with Crippen LogP contribution in [0.4, 0.5) is 5.69 Å². The zero-order chi connectivity index (χ0) is 24.5. The molecule has 3 heterocycles. The van der Waals surface area contributed by atoms with Crippen LogP contribution in [0.1, 0.15) is 29.9 Å². The number of piperidine rings is 3. The third-order valence-electron chi connectivity index (χ3n) is 7.85. The van der Waals surface area contributed by atoms with E-state index in [0.29, 0.717) is 18.0 Å². The summed E-state index contributed by atoms with van der Waals surface area (Å²) in [6.45, 7) is 2.32. The lowest BCUT2D eigenvalue weighted by Crippen LogP contribution is -2.65. The summed E-state index contributed by atoms with van der Waals surface area (Å²) in [5.41, 5.74) is 3.88. The number of ether oxygens (including phenoxy) is 2. The van der Waals surface area contributed by atoms with E-state index in [2.05, 4.69) is 109 Å². The molecule has 3 aliphatic heterocycles. The number of halogens is 2. The van der Waals surface area contributed by atoms with Gasteiger partial charge in [0.15, 0.2) is 11.5 Å². The van der Waals surface area contributed by atoms with Crippen molar-refractivity contribution in [3.8, 4) is 11.5 Å². The summed E-state index contributed by atoms with van der Waals surface area (Å²) < 4.78 is 13.4. The second-order valence-electron chi connectivity index (χ2n) is 9.59. The minimum Gasteiger partial charge on any atom is -0.493 e. The Morgan fingerprint density at radius 3 is 1.86 bits per heavy atom. The second-order valence-corrected chi connectivity index (χ2v) is 11.4. The Hall–Kier alpha value is -2.02. The number of methoxy groups -OCH3 is 2. The van der Waals surface area contributed by atoms with Gasteiger partial charge >= 0.3 is 0 Å². The maximum atomic E-state index is 5.64. The van der Waals surface area contributed by atoms with E-state index in [9.17, 15) is 0 Å². The SMILES string of the molecule is COc1ccc(N(C)[C@@H]2C3CCN(CC3)[C@@H]2C(c2ccc(Br)cc2)c2ccc(Br)cc2)cc1OC. The average Bonchev–Trinajstić information content (AvgIpc) is 2.90. The molecule has 0 spiro atoms. The predicted molar refractivity (Wildman–Crippen MR) is 150 cm³/mol. The molecule has 0 aromatic heterocycles. The maximum absolute atomic E-state index is 5.64. The van der Waals surface area contributed by atoms with Crippen molar-refractivity contribution in [3.63, 3.8) is 0 Å². The Morgan fingerprint density at radius 1 is 0.800 bits per heavy atom. The van der Waals surface area contributed by atoms with Crippen molar-refractivity contribution in [1.82, 2.24) is 4.90 Å². The molecule has 0 unspecified atom stereocenters. The zero-order valence-electron chi connectivity index (χ0n) is 20.5. The number of anilines is 1. The minimum atomic E-state index is 0.270. The number of benzene rings is 3. The van der Waals surface area contributed by atoms with Crippen molar-refractivity contribution >= 4 is 37.5 Å². The van der Waals surface area contributed by atoms with Gasteiger partial charge in [-0.05, 0) is 79.4 Å². The molecule has 3 aromatic rings. The summed E-state index contributed by atoms with van der Waals surface area (Å²) in [7, 11) is 5.64. The molecule has 0 aliphatic carbocycles. The van der Waals surface area contributed by atoms with Crippen LogP contribution < -0.4 is 14.4 Å². The molecular weight excluding hydrogens is 568 g/mol. The van der Waals surface area contributed by atoms with E-state index >= 15 is 0 Å². The quantitative estimate of drug-likeness (QED) is 0.293. The number of hydrogen-bond donors (Lipinski definition) is 0. The molecule has 3 aliphatic rings. The smallest absolute Gasteiger partial charge is 0.162 e. The molecule has 2 bridgehead atoms. The number of rotatable bonds is 7. The standard InChI is InChI=1S/C29H32Br2N2O2/c1-32(24-12-13-25(34-2)26(18-24)35-3)28-21-14-16-33(17-15-21)29(28)27(19-4-8-22(30)9-5-19)20-6-10-23(31)11-7-20/h4-13,18,21,27-29H,14-17H2,1-3H3/t28-,29-/m1/s1. The third-order valence-corrected chi connectivity index (χ3v) is 8.91. The Balaban J connectivity index is 1.59. The highest BCUT2D eigenvalue weighted by molar-refractivity contribution is 9.10.